The molecule has 0 unspecified atom stereocenters. The third kappa shape index (κ3) is 5.22. The van der Waals surface area contributed by atoms with E-state index in [0.717, 1.165) is 12.0 Å². The molecule has 0 bridgehead atoms. The molecule has 15 nitrogen and oxygen atoms in total. The summed E-state index contributed by atoms with van der Waals surface area (Å²) in [6.07, 6.45) is -0.878. The van der Waals surface area contributed by atoms with Crippen LogP contribution in [0.5, 0.6) is 0 Å². The number of ether oxygens (including phenoxy) is 2. The van der Waals surface area contributed by atoms with Gasteiger partial charge in [0.15, 0.2) is 29.0 Å². The minimum Gasteiger partial charge on any atom is -0.394 e. The average molecular weight is 572 g/mol. The van der Waals surface area contributed by atoms with Crippen LogP contribution in [0.15, 0.2) is 36.8 Å². The van der Waals surface area contributed by atoms with Crippen LogP contribution in [0.4, 0.5) is 11.6 Å². The van der Waals surface area contributed by atoms with Crippen molar-refractivity contribution >= 4 is 40.3 Å². The van der Waals surface area contributed by atoms with E-state index in [9.17, 15) is 20.1 Å². The summed E-state index contributed by atoms with van der Waals surface area (Å²) in [5.41, 5.74) is 1.46. The molecule has 4 aromatic rings. The molecule has 0 spiro atoms. The fraction of sp³-hybridized carbons (Fsp3) is 0.417. The molecular formula is C24H26ClN9O6. The summed E-state index contributed by atoms with van der Waals surface area (Å²) in [7, 11) is 0. The highest BCUT2D eigenvalue weighted by Gasteiger charge is 2.44. The predicted octanol–water partition coefficient (Wildman–Crippen LogP) is 0.0539. The highest BCUT2D eigenvalue weighted by atomic mass is 35.5. The Kier molecular flexibility index (Phi) is 7.31. The molecule has 3 aromatic heterocycles. The Hall–Kier alpha value is -3.73. The molecule has 0 radical (unpaired) electrons. The first-order chi connectivity index (χ1) is 19.4. The molecule has 210 valence electrons. The standard InChI is InChI=1S/C24H26ClN9O6/c25-13-3-1-12(2-4-13)7-17(36)28-16-8-34(32-31-16)24-29-21(27-14-5-6-39-10-14)18-22(30-24)33(11-26-18)23-20(38)19(37)15(9-35)40-23/h1-4,8,11,14-15,19-20,23,35,37-38H,5-7,9-10H2,(H,28,36)(H,27,29,30)/t14-,15-,19-,20-,23-/m1/s1. The number of imidazole rings is 1. The summed E-state index contributed by atoms with van der Waals surface area (Å²) < 4.78 is 13.9. The second-order valence-electron chi connectivity index (χ2n) is 9.53. The van der Waals surface area contributed by atoms with E-state index in [1.54, 1.807) is 24.3 Å². The molecule has 2 aliphatic heterocycles. The lowest BCUT2D eigenvalue weighted by molar-refractivity contribution is -0.115. The lowest BCUT2D eigenvalue weighted by atomic mass is 10.1. The van der Waals surface area contributed by atoms with Gasteiger partial charge in [0.25, 0.3) is 5.95 Å². The number of anilines is 2. The van der Waals surface area contributed by atoms with Crippen LogP contribution in [-0.4, -0.2) is 99.9 Å². The number of nitrogens with zero attached hydrogens (tertiary/aromatic N) is 7. The summed E-state index contributed by atoms with van der Waals surface area (Å²) in [4.78, 5) is 26.1. The molecule has 1 amide bonds. The molecule has 0 aliphatic carbocycles. The molecule has 1 aromatic carbocycles. The predicted molar refractivity (Wildman–Crippen MR) is 140 cm³/mol. The number of rotatable bonds is 8. The van der Waals surface area contributed by atoms with Crippen molar-refractivity contribution in [1.82, 2.24) is 34.5 Å². The van der Waals surface area contributed by atoms with E-state index >= 15 is 0 Å². The van der Waals surface area contributed by atoms with Gasteiger partial charge in [-0.15, -0.1) is 5.10 Å². The average Bonchev–Trinajstić information content (AvgIpc) is 3.75. The maximum Gasteiger partial charge on any atom is 0.256 e. The number of benzene rings is 1. The molecule has 16 heteroatoms. The van der Waals surface area contributed by atoms with Gasteiger partial charge in [-0.25, -0.2) is 4.98 Å². The Morgan fingerprint density at radius 1 is 1.18 bits per heavy atom. The number of halogens is 1. The number of carbonyl (C=O) groups is 1. The highest BCUT2D eigenvalue weighted by molar-refractivity contribution is 6.30. The zero-order chi connectivity index (χ0) is 27.8. The van der Waals surface area contributed by atoms with E-state index in [1.165, 1.54) is 21.8 Å². The second kappa shape index (κ2) is 11.0. The summed E-state index contributed by atoms with van der Waals surface area (Å²) >= 11 is 5.91. The van der Waals surface area contributed by atoms with Gasteiger partial charge in [0.1, 0.15) is 18.3 Å². The number of carbonyl (C=O) groups excluding carboxylic acids is 1. The van der Waals surface area contributed by atoms with Crippen molar-refractivity contribution < 1.29 is 29.6 Å². The van der Waals surface area contributed by atoms with Gasteiger partial charge < -0.3 is 35.4 Å². The minimum atomic E-state index is -1.33. The fourth-order valence-electron chi connectivity index (χ4n) is 4.64. The van der Waals surface area contributed by atoms with Gasteiger partial charge in [0.2, 0.25) is 5.91 Å². The Morgan fingerprint density at radius 3 is 2.73 bits per heavy atom. The third-order valence-electron chi connectivity index (χ3n) is 6.72. The summed E-state index contributed by atoms with van der Waals surface area (Å²) in [6.45, 7) is 0.628. The monoisotopic (exact) mass is 571 g/mol. The van der Waals surface area contributed by atoms with Gasteiger partial charge in [-0.1, -0.05) is 28.9 Å². The topological polar surface area (TPSA) is 195 Å². The summed E-state index contributed by atoms with van der Waals surface area (Å²) in [5, 5.41) is 45.1. The Balaban J connectivity index is 1.30. The first-order valence-electron chi connectivity index (χ1n) is 12.6. The van der Waals surface area contributed by atoms with Gasteiger partial charge in [-0.2, -0.15) is 14.6 Å². The minimum absolute atomic E-state index is 0.0107. The largest absolute Gasteiger partial charge is 0.394 e. The van der Waals surface area contributed by atoms with Gasteiger partial charge in [0, 0.05) is 11.6 Å². The lowest BCUT2D eigenvalue weighted by Gasteiger charge is -2.17. The van der Waals surface area contributed by atoms with Crippen molar-refractivity contribution in [3.8, 4) is 5.95 Å². The van der Waals surface area contributed by atoms with E-state index < -0.39 is 31.1 Å². The number of amides is 1. The van der Waals surface area contributed by atoms with Gasteiger partial charge >= 0.3 is 0 Å². The van der Waals surface area contributed by atoms with Gasteiger partial charge in [0.05, 0.1) is 38.2 Å². The van der Waals surface area contributed by atoms with Crippen LogP contribution in [0, 0.1) is 0 Å². The zero-order valence-electron chi connectivity index (χ0n) is 21.0. The molecule has 2 saturated heterocycles. The van der Waals surface area contributed by atoms with Crippen LogP contribution >= 0.6 is 11.6 Å². The van der Waals surface area contributed by atoms with Crippen molar-refractivity contribution in [3.05, 3.63) is 47.4 Å². The number of aliphatic hydroxyl groups is 3. The van der Waals surface area contributed by atoms with Crippen LogP contribution in [0.25, 0.3) is 17.1 Å². The summed E-state index contributed by atoms with van der Waals surface area (Å²) in [5.74, 6) is 0.396. The van der Waals surface area contributed by atoms with Crippen molar-refractivity contribution in [2.45, 2.75) is 43.4 Å². The Bertz CT molecular complexity index is 1510. The van der Waals surface area contributed by atoms with Crippen LogP contribution in [0.2, 0.25) is 5.02 Å². The number of hydrogen-bond acceptors (Lipinski definition) is 12. The third-order valence-corrected chi connectivity index (χ3v) is 6.97. The normalized spacial score (nSPS) is 24.6. The van der Waals surface area contributed by atoms with Crippen molar-refractivity contribution in [1.29, 1.82) is 0 Å². The Labute approximate surface area is 231 Å². The van der Waals surface area contributed by atoms with E-state index in [2.05, 4.69) is 35.9 Å². The number of aromatic nitrogens is 7. The molecule has 5 atom stereocenters. The maximum atomic E-state index is 12.5. The van der Waals surface area contributed by atoms with Crippen LogP contribution in [0.3, 0.4) is 0 Å². The van der Waals surface area contributed by atoms with Crippen LogP contribution in [-0.2, 0) is 20.7 Å². The quantitative estimate of drug-likeness (QED) is 0.191. The van der Waals surface area contributed by atoms with Crippen molar-refractivity contribution in [2.75, 3.05) is 30.5 Å². The van der Waals surface area contributed by atoms with E-state index in [-0.39, 0.29) is 35.8 Å². The van der Waals surface area contributed by atoms with Crippen molar-refractivity contribution in [3.63, 3.8) is 0 Å². The van der Waals surface area contributed by atoms with Crippen LogP contribution < -0.4 is 10.6 Å². The molecule has 5 heterocycles. The van der Waals surface area contributed by atoms with Crippen molar-refractivity contribution in [2.24, 2.45) is 0 Å². The SMILES string of the molecule is O=C(Cc1ccc(Cl)cc1)Nc1cn(-c2nc(N[C@@H]3CCOC3)c3ncn([C@@H]4O[C@H](CO)[C@@H](O)[C@H]4O)c3n2)nn1. The molecule has 0 saturated carbocycles. The molecule has 2 aliphatic rings. The zero-order valence-corrected chi connectivity index (χ0v) is 21.7. The lowest BCUT2D eigenvalue weighted by Crippen LogP contribution is -2.33. The molecule has 5 N–H and O–H groups in total. The fourth-order valence-corrected chi connectivity index (χ4v) is 4.77. The van der Waals surface area contributed by atoms with Gasteiger partial charge in [-0.3, -0.25) is 9.36 Å². The number of nitrogens with one attached hydrogen (secondary N) is 2. The Morgan fingerprint density at radius 2 is 2.00 bits per heavy atom. The molecule has 40 heavy (non-hydrogen) atoms. The van der Waals surface area contributed by atoms with E-state index in [1.807, 2.05) is 0 Å². The smallest absolute Gasteiger partial charge is 0.256 e. The molecular weight excluding hydrogens is 546 g/mol. The molecule has 2 fully saturated rings. The van der Waals surface area contributed by atoms with Crippen LogP contribution in [0.1, 0.15) is 18.2 Å². The first kappa shape index (κ1) is 26.5. The van der Waals surface area contributed by atoms with E-state index in [0.29, 0.717) is 29.6 Å². The maximum absolute atomic E-state index is 12.5. The number of aliphatic hydroxyl groups excluding tert-OH is 3. The van der Waals surface area contributed by atoms with E-state index in [4.69, 9.17) is 21.1 Å². The van der Waals surface area contributed by atoms with Gasteiger partial charge in [-0.05, 0) is 24.1 Å². The highest BCUT2D eigenvalue weighted by Crippen LogP contribution is 2.33. The number of fused-ring (bicyclic) bond motifs is 1. The number of hydrogen-bond donors (Lipinski definition) is 5. The molecule has 6 rings (SSSR count). The first-order valence-corrected chi connectivity index (χ1v) is 13.0. The summed E-state index contributed by atoms with van der Waals surface area (Å²) in [6, 6.07) is 6.94. The second-order valence-corrected chi connectivity index (χ2v) is 9.97.